The van der Waals surface area contributed by atoms with E-state index in [2.05, 4.69) is 20.9 Å². The molecule has 1 heterocycles. The summed E-state index contributed by atoms with van der Waals surface area (Å²) >= 11 is 3.39. The normalized spacial score (nSPS) is 10.3. The van der Waals surface area contributed by atoms with Crippen LogP contribution in [0.1, 0.15) is 16.8 Å². The van der Waals surface area contributed by atoms with Gasteiger partial charge < -0.3 is 9.84 Å². The molecule has 0 atom stereocenters. The van der Waals surface area contributed by atoms with E-state index in [1.54, 1.807) is 13.2 Å². The van der Waals surface area contributed by atoms with Crippen molar-refractivity contribution in [1.29, 1.82) is 0 Å². The molecule has 0 aliphatic carbocycles. The Balaban J connectivity index is 2.29. The zero-order valence-corrected chi connectivity index (χ0v) is 14.0. The quantitative estimate of drug-likeness (QED) is 0.815. The molecule has 1 aromatic carbocycles. The number of carboxylic acid groups (broad SMARTS) is 1. The molecule has 22 heavy (non-hydrogen) atoms. The molecule has 0 unspecified atom stereocenters. The van der Waals surface area contributed by atoms with Crippen molar-refractivity contribution < 1.29 is 14.6 Å². The van der Waals surface area contributed by atoms with Crippen LogP contribution in [0.15, 0.2) is 36.4 Å². The Labute approximate surface area is 137 Å². The maximum atomic E-state index is 11.6. The van der Waals surface area contributed by atoms with Gasteiger partial charge in [-0.3, -0.25) is 4.90 Å². The lowest BCUT2D eigenvalue weighted by molar-refractivity contribution is 0.201. The van der Waals surface area contributed by atoms with Crippen LogP contribution >= 0.6 is 15.9 Å². The number of rotatable bonds is 5. The van der Waals surface area contributed by atoms with E-state index in [0.717, 1.165) is 22.6 Å². The van der Waals surface area contributed by atoms with Crippen LogP contribution in [0.5, 0.6) is 5.75 Å². The van der Waals surface area contributed by atoms with Gasteiger partial charge in [0, 0.05) is 11.0 Å². The second kappa shape index (κ2) is 7.26. The van der Waals surface area contributed by atoms with Crippen molar-refractivity contribution >= 4 is 27.8 Å². The van der Waals surface area contributed by atoms with Crippen molar-refractivity contribution in [2.24, 2.45) is 0 Å². The number of nitrogens with zero attached hydrogens (tertiary/aromatic N) is 2. The number of amides is 1. The second-order valence-corrected chi connectivity index (χ2v) is 5.39. The van der Waals surface area contributed by atoms with E-state index in [1.165, 1.54) is 4.90 Å². The van der Waals surface area contributed by atoms with Gasteiger partial charge in [0.25, 0.3) is 0 Å². The number of hydrogen-bond donors (Lipinski definition) is 1. The van der Waals surface area contributed by atoms with Crippen LogP contribution in [0.4, 0.5) is 10.6 Å². The lowest BCUT2D eigenvalue weighted by Gasteiger charge is -2.19. The smallest absolute Gasteiger partial charge is 0.413 e. The Kier molecular flexibility index (Phi) is 5.38. The first-order chi connectivity index (χ1) is 10.5. The van der Waals surface area contributed by atoms with E-state index in [4.69, 9.17) is 4.74 Å². The average molecular weight is 365 g/mol. The highest BCUT2D eigenvalue weighted by molar-refractivity contribution is 9.08. The van der Waals surface area contributed by atoms with E-state index in [9.17, 15) is 9.90 Å². The number of aromatic nitrogens is 1. The SMILES string of the molecule is COc1ccc(CN(C(=O)O)c2cc(CBr)cc(C)n2)cc1. The summed E-state index contributed by atoms with van der Waals surface area (Å²) in [5.74, 6) is 1.17. The standard InChI is InChI=1S/C16H17BrN2O3/c1-11-7-13(9-17)8-15(18-11)19(16(20)21)10-12-3-5-14(22-2)6-4-12/h3-8H,9-10H2,1-2H3,(H,20,21). The topological polar surface area (TPSA) is 62.7 Å². The predicted molar refractivity (Wildman–Crippen MR) is 88.8 cm³/mol. The Morgan fingerprint density at radius 2 is 1.95 bits per heavy atom. The summed E-state index contributed by atoms with van der Waals surface area (Å²) in [6, 6.07) is 11.0. The van der Waals surface area contributed by atoms with Crippen molar-refractivity contribution in [2.75, 3.05) is 12.0 Å². The lowest BCUT2D eigenvalue weighted by Crippen LogP contribution is -2.29. The highest BCUT2D eigenvalue weighted by Gasteiger charge is 2.17. The molecule has 1 N–H and O–H groups in total. The third kappa shape index (κ3) is 3.98. The number of halogens is 1. The molecule has 1 amide bonds. The summed E-state index contributed by atoms with van der Waals surface area (Å²) in [5, 5.41) is 10.1. The number of anilines is 1. The summed E-state index contributed by atoms with van der Waals surface area (Å²) in [5.41, 5.74) is 2.64. The van der Waals surface area contributed by atoms with Crippen LogP contribution in [0.25, 0.3) is 0 Å². The van der Waals surface area contributed by atoms with Gasteiger partial charge in [-0.2, -0.15) is 0 Å². The predicted octanol–water partition coefficient (Wildman–Crippen LogP) is 3.98. The van der Waals surface area contributed by atoms with Crippen molar-refractivity contribution in [3.05, 3.63) is 53.2 Å². The van der Waals surface area contributed by atoms with Gasteiger partial charge >= 0.3 is 6.09 Å². The van der Waals surface area contributed by atoms with E-state index >= 15 is 0 Å². The number of pyridine rings is 1. The molecular weight excluding hydrogens is 348 g/mol. The Hall–Kier alpha value is -2.08. The zero-order valence-electron chi connectivity index (χ0n) is 12.4. The summed E-state index contributed by atoms with van der Waals surface area (Å²) in [4.78, 5) is 17.2. The number of hydrogen-bond acceptors (Lipinski definition) is 3. The molecule has 0 bridgehead atoms. The third-order valence-corrected chi connectivity index (χ3v) is 3.81. The van der Waals surface area contributed by atoms with Gasteiger partial charge in [0.2, 0.25) is 0 Å². The molecule has 0 aliphatic heterocycles. The highest BCUT2D eigenvalue weighted by atomic mass is 79.9. The van der Waals surface area contributed by atoms with Crippen LogP contribution < -0.4 is 9.64 Å². The third-order valence-electron chi connectivity index (χ3n) is 3.16. The Morgan fingerprint density at radius 1 is 1.27 bits per heavy atom. The molecule has 5 nitrogen and oxygen atoms in total. The molecule has 0 spiro atoms. The van der Waals surface area contributed by atoms with E-state index < -0.39 is 6.09 Å². The minimum atomic E-state index is -1.03. The molecule has 0 radical (unpaired) electrons. The first kappa shape index (κ1) is 16.3. The fraction of sp³-hybridized carbons (Fsp3) is 0.250. The zero-order chi connectivity index (χ0) is 16.1. The molecule has 6 heteroatoms. The Bertz CT molecular complexity index is 659. The first-order valence-electron chi connectivity index (χ1n) is 6.70. The molecule has 116 valence electrons. The van der Waals surface area contributed by atoms with Crippen molar-refractivity contribution in [1.82, 2.24) is 4.98 Å². The van der Waals surface area contributed by atoms with E-state index in [-0.39, 0.29) is 6.54 Å². The average Bonchev–Trinajstić information content (AvgIpc) is 2.52. The van der Waals surface area contributed by atoms with Gasteiger partial charge in [-0.1, -0.05) is 28.1 Å². The van der Waals surface area contributed by atoms with Gasteiger partial charge in [-0.25, -0.2) is 9.78 Å². The molecule has 1 aromatic heterocycles. The number of benzene rings is 1. The molecule has 0 saturated carbocycles. The van der Waals surface area contributed by atoms with Gasteiger partial charge in [0.15, 0.2) is 0 Å². The van der Waals surface area contributed by atoms with Gasteiger partial charge in [0.05, 0.1) is 13.7 Å². The summed E-state index contributed by atoms with van der Waals surface area (Å²) in [7, 11) is 1.59. The van der Waals surface area contributed by atoms with E-state index in [0.29, 0.717) is 11.1 Å². The van der Waals surface area contributed by atoms with Crippen LogP contribution in [-0.2, 0) is 11.9 Å². The fourth-order valence-corrected chi connectivity index (χ4v) is 2.42. The first-order valence-corrected chi connectivity index (χ1v) is 7.82. The van der Waals surface area contributed by atoms with Gasteiger partial charge in [-0.15, -0.1) is 0 Å². The minimum Gasteiger partial charge on any atom is -0.497 e. The maximum absolute atomic E-state index is 11.6. The van der Waals surface area contributed by atoms with Crippen LogP contribution in [0.2, 0.25) is 0 Å². The fourth-order valence-electron chi connectivity index (χ4n) is 2.10. The highest BCUT2D eigenvalue weighted by Crippen LogP contribution is 2.20. The molecule has 0 fully saturated rings. The van der Waals surface area contributed by atoms with Gasteiger partial charge in [0.1, 0.15) is 11.6 Å². The summed E-state index contributed by atoms with van der Waals surface area (Å²) < 4.78 is 5.10. The Morgan fingerprint density at radius 3 is 2.50 bits per heavy atom. The number of methoxy groups -OCH3 is 1. The molecule has 0 saturated heterocycles. The van der Waals surface area contributed by atoms with Crippen molar-refractivity contribution in [3.63, 3.8) is 0 Å². The minimum absolute atomic E-state index is 0.234. The number of carbonyl (C=O) groups is 1. The molecule has 0 aliphatic rings. The van der Waals surface area contributed by atoms with Crippen LogP contribution in [0.3, 0.4) is 0 Å². The molecule has 2 rings (SSSR count). The van der Waals surface area contributed by atoms with Crippen molar-refractivity contribution in [3.8, 4) is 5.75 Å². The van der Waals surface area contributed by atoms with Gasteiger partial charge in [-0.05, 0) is 42.3 Å². The van der Waals surface area contributed by atoms with Crippen molar-refractivity contribution in [2.45, 2.75) is 18.8 Å². The number of alkyl halides is 1. The number of aryl methyl sites for hydroxylation is 1. The van der Waals surface area contributed by atoms with Crippen LogP contribution in [0, 0.1) is 6.92 Å². The second-order valence-electron chi connectivity index (χ2n) is 4.83. The van der Waals surface area contributed by atoms with E-state index in [1.807, 2.05) is 37.3 Å². The number of ether oxygens (including phenoxy) is 1. The molecule has 2 aromatic rings. The summed E-state index contributed by atoms with van der Waals surface area (Å²) in [6.45, 7) is 2.08. The summed E-state index contributed by atoms with van der Waals surface area (Å²) in [6.07, 6.45) is -1.03. The van der Waals surface area contributed by atoms with Crippen LogP contribution in [-0.4, -0.2) is 23.3 Å². The lowest BCUT2D eigenvalue weighted by atomic mass is 10.2. The monoisotopic (exact) mass is 364 g/mol. The molecular formula is C16H17BrN2O3. The maximum Gasteiger partial charge on any atom is 0.413 e. The largest absolute Gasteiger partial charge is 0.497 e.